The lowest BCUT2D eigenvalue weighted by atomic mass is 9.76. The normalized spacial score (nSPS) is 19.3. The lowest BCUT2D eigenvalue weighted by Crippen LogP contribution is -2.23. The largest absolute Gasteiger partial charge is 0.492 e. The van der Waals surface area contributed by atoms with Crippen molar-refractivity contribution >= 4 is 5.78 Å². The van der Waals surface area contributed by atoms with Crippen LogP contribution in [0.2, 0.25) is 0 Å². The molecule has 22 heavy (non-hydrogen) atoms. The summed E-state index contributed by atoms with van der Waals surface area (Å²) in [7, 11) is 0. The van der Waals surface area contributed by atoms with E-state index in [1.54, 1.807) is 0 Å². The monoisotopic (exact) mass is 300 g/mol. The molecule has 2 aliphatic rings. The summed E-state index contributed by atoms with van der Waals surface area (Å²) in [4.78, 5) is 12.5. The Morgan fingerprint density at radius 1 is 1.23 bits per heavy atom. The minimum Gasteiger partial charge on any atom is -0.492 e. The third-order valence-corrected chi connectivity index (χ3v) is 5.32. The van der Waals surface area contributed by atoms with Crippen molar-refractivity contribution in [2.75, 3.05) is 6.61 Å². The third kappa shape index (κ3) is 2.47. The highest BCUT2D eigenvalue weighted by atomic mass is 16.5. The lowest BCUT2D eigenvalue weighted by molar-refractivity contribution is 0.0981. The van der Waals surface area contributed by atoms with Gasteiger partial charge in [-0.1, -0.05) is 40.5 Å². The van der Waals surface area contributed by atoms with Crippen molar-refractivity contribution in [1.82, 2.24) is 0 Å². The first-order chi connectivity index (χ1) is 10.4. The van der Waals surface area contributed by atoms with Crippen molar-refractivity contribution in [3.05, 3.63) is 28.8 Å². The number of hydrogen-bond acceptors (Lipinski definition) is 2. The number of carbonyl (C=O) groups excluding carboxylic acids is 1. The molecule has 1 spiro atoms. The van der Waals surface area contributed by atoms with Gasteiger partial charge in [0.25, 0.3) is 0 Å². The van der Waals surface area contributed by atoms with Gasteiger partial charge in [-0.15, -0.1) is 0 Å². The number of ketones is 1. The van der Waals surface area contributed by atoms with E-state index in [4.69, 9.17) is 4.74 Å². The first kappa shape index (κ1) is 15.6. The van der Waals surface area contributed by atoms with Crippen LogP contribution < -0.4 is 4.74 Å². The number of Topliss-reactive ketones (excluding diaryl/α,β-unsaturated/α-hetero) is 1. The zero-order valence-corrected chi connectivity index (χ0v) is 14.4. The Labute approximate surface area is 134 Å². The number of hydrogen-bond donors (Lipinski definition) is 0. The molecular formula is C20H28O2. The molecule has 0 saturated heterocycles. The van der Waals surface area contributed by atoms with Crippen LogP contribution in [0.4, 0.5) is 0 Å². The van der Waals surface area contributed by atoms with Crippen molar-refractivity contribution in [3.63, 3.8) is 0 Å². The van der Waals surface area contributed by atoms with Gasteiger partial charge in [-0.3, -0.25) is 4.79 Å². The van der Waals surface area contributed by atoms with Gasteiger partial charge in [0.2, 0.25) is 0 Å². The molecule has 1 fully saturated rings. The first-order valence-corrected chi connectivity index (χ1v) is 8.72. The average molecular weight is 300 g/mol. The number of ether oxygens (including phenoxy) is 1. The molecule has 0 atom stereocenters. The van der Waals surface area contributed by atoms with E-state index in [1.165, 1.54) is 36.8 Å². The maximum Gasteiger partial charge on any atom is 0.162 e. The summed E-state index contributed by atoms with van der Waals surface area (Å²) in [6.07, 6.45) is 6.50. The topological polar surface area (TPSA) is 26.3 Å². The molecule has 3 rings (SSSR count). The summed E-state index contributed by atoms with van der Waals surface area (Å²) in [5.41, 5.74) is 3.58. The van der Waals surface area contributed by atoms with Crippen LogP contribution in [0.1, 0.15) is 87.7 Å². The number of benzene rings is 1. The molecule has 1 aliphatic heterocycles. The van der Waals surface area contributed by atoms with E-state index in [0.29, 0.717) is 6.42 Å². The van der Waals surface area contributed by atoms with Crippen molar-refractivity contribution in [2.24, 2.45) is 0 Å². The van der Waals surface area contributed by atoms with E-state index >= 15 is 0 Å². The van der Waals surface area contributed by atoms with Gasteiger partial charge < -0.3 is 4.74 Å². The molecule has 1 saturated carbocycles. The van der Waals surface area contributed by atoms with Crippen LogP contribution in [-0.4, -0.2) is 12.4 Å². The van der Waals surface area contributed by atoms with Gasteiger partial charge in [-0.25, -0.2) is 0 Å². The SMILES string of the molecule is CCCC(=O)c1cc(C(C)(C)C)c2c(c1)C1(CCCC1)CO2. The van der Waals surface area contributed by atoms with Crippen molar-refractivity contribution < 1.29 is 9.53 Å². The maximum absolute atomic E-state index is 12.5. The van der Waals surface area contributed by atoms with Gasteiger partial charge in [0, 0.05) is 28.5 Å². The Morgan fingerprint density at radius 3 is 2.50 bits per heavy atom. The van der Waals surface area contributed by atoms with E-state index in [9.17, 15) is 4.79 Å². The van der Waals surface area contributed by atoms with E-state index in [1.807, 2.05) is 0 Å². The smallest absolute Gasteiger partial charge is 0.162 e. The van der Waals surface area contributed by atoms with Crippen LogP contribution in [-0.2, 0) is 10.8 Å². The Morgan fingerprint density at radius 2 is 1.91 bits per heavy atom. The summed E-state index contributed by atoms with van der Waals surface area (Å²) in [5.74, 6) is 1.35. The average Bonchev–Trinajstić information content (AvgIpc) is 3.07. The Kier molecular flexibility index (Phi) is 3.82. The molecular weight excluding hydrogens is 272 g/mol. The standard InChI is InChI=1S/C20H28O2/c1-5-8-17(21)14-11-15(19(2,3)4)18-16(12-14)20(13-22-18)9-6-7-10-20/h11-12H,5-10,13H2,1-4H3. The Bertz CT molecular complexity index is 586. The van der Waals surface area contributed by atoms with Crippen LogP contribution >= 0.6 is 0 Å². The van der Waals surface area contributed by atoms with Gasteiger partial charge in [0.15, 0.2) is 5.78 Å². The van der Waals surface area contributed by atoms with Crippen molar-refractivity contribution in [3.8, 4) is 5.75 Å². The van der Waals surface area contributed by atoms with Crippen molar-refractivity contribution in [2.45, 2.75) is 77.0 Å². The molecule has 120 valence electrons. The van der Waals surface area contributed by atoms with Gasteiger partial charge in [0.1, 0.15) is 5.75 Å². The zero-order valence-electron chi connectivity index (χ0n) is 14.4. The molecule has 1 heterocycles. The second-order valence-corrected chi connectivity index (χ2v) is 8.10. The predicted octanol–water partition coefficient (Wildman–Crippen LogP) is 5.17. The molecule has 0 N–H and O–H groups in total. The summed E-state index contributed by atoms with van der Waals surface area (Å²) >= 11 is 0. The fourth-order valence-corrected chi connectivity index (χ4v) is 4.02. The van der Waals surface area contributed by atoms with Crippen LogP contribution in [0, 0.1) is 0 Å². The molecule has 1 aromatic rings. The summed E-state index contributed by atoms with van der Waals surface area (Å²) in [6.45, 7) is 9.49. The number of fused-ring (bicyclic) bond motifs is 2. The number of rotatable bonds is 3. The summed E-state index contributed by atoms with van der Waals surface area (Å²) in [5, 5.41) is 0. The molecule has 1 aromatic carbocycles. The van der Waals surface area contributed by atoms with Gasteiger partial charge >= 0.3 is 0 Å². The highest BCUT2D eigenvalue weighted by Crippen LogP contribution is 2.52. The highest BCUT2D eigenvalue weighted by molar-refractivity contribution is 5.97. The molecule has 2 nitrogen and oxygen atoms in total. The lowest BCUT2D eigenvalue weighted by Gasteiger charge is -2.25. The van der Waals surface area contributed by atoms with Crippen molar-refractivity contribution in [1.29, 1.82) is 0 Å². The highest BCUT2D eigenvalue weighted by Gasteiger charge is 2.45. The van der Waals surface area contributed by atoms with E-state index in [0.717, 1.165) is 24.3 Å². The predicted molar refractivity (Wildman–Crippen MR) is 90.0 cm³/mol. The fourth-order valence-electron chi connectivity index (χ4n) is 4.02. The minimum atomic E-state index is -0.00325. The van der Waals surface area contributed by atoms with E-state index in [-0.39, 0.29) is 16.6 Å². The number of carbonyl (C=O) groups is 1. The second-order valence-electron chi connectivity index (χ2n) is 8.10. The molecule has 2 heteroatoms. The van der Waals surface area contributed by atoms with E-state index in [2.05, 4.69) is 39.8 Å². The third-order valence-electron chi connectivity index (χ3n) is 5.32. The summed E-state index contributed by atoms with van der Waals surface area (Å²) in [6, 6.07) is 4.24. The quantitative estimate of drug-likeness (QED) is 0.720. The molecule has 0 radical (unpaired) electrons. The van der Waals surface area contributed by atoms with Gasteiger partial charge in [-0.2, -0.15) is 0 Å². The second kappa shape index (κ2) is 5.40. The molecule has 0 aromatic heterocycles. The molecule has 0 bridgehead atoms. The Balaban J connectivity index is 2.15. The molecule has 0 amide bonds. The van der Waals surface area contributed by atoms with Gasteiger partial charge in [-0.05, 0) is 36.8 Å². The fraction of sp³-hybridized carbons (Fsp3) is 0.650. The first-order valence-electron chi connectivity index (χ1n) is 8.72. The van der Waals surface area contributed by atoms with Crippen LogP contribution in [0.25, 0.3) is 0 Å². The van der Waals surface area contributed by atoms with Crippen LogP contribution in [0.3, 0.4) is 0 Å². The molecule has 1 aliphatic carbocycles. The minimum absolute atomic E-state index is 0.00325. The van der Waals surface area contributed by atoms with E-state index < -0.39 is 0 Å². The zero-order chi connectivity index (χ0) is 16.0. The van der Waals surface area contributed by atoms with Gasteiger partial charge in [0.05, 0.1) is 6.61 Å². The van der Waals surface area contributed by atoms with Crippen LogP contribution in [0.15, 0.2) is 12.1 Å². The maximum atomic E-state index is 12.5. The summed E-state index contributed by atoms with van der Waals surface area (Å²) < 4.78 is 6.18. The Hall–Kier alpha value is -1.31. The molecule has 0 unspecified atom stereocenters. The van der Waals surface area contributed by atoms with Crippen LogP contribution in [0.5, 0.6) is 5.75 Å².